The monoisotopic (exact) mass is 230 g/mol. The Kier molecular flexibility index (Phi) is 4.00. The number of nitrogens with one attached hydrogen (secondary N) is 1. The maximum atomic E-state index is 9.01. The molecule has 0 aliphatic carbocycles. The second-order valence-corrected chi connectivity index (χ2v) is 4.62. The smallest absolute Gasteiger partial charge is 0.137 e. The third kappa shape index (κ3) is 3.21. The number of nitriles is 1. The average molecular weight is 230 g/mol. The van der Waals surface area contributed by atoms with Crippen LogP contribution in [0.3, 0.4) is 0 Å². The van der Waals surface area contributed by atoms with Crippen LogP contribution < -0.4 is 10.1 Å². The Morgan fingerprint density at radius 2 is 2.18 bits per heavy atom. The van der Waals surface area contributed by atoms with Crippen LogP contribution in [0, 0.1) is 24.2 Å². The van der Waals surface area contributed by atoms with Crippen LogP contribution in [0.25, 0.3) is 0 Å². The van der Waals surface area contributed by atoms with Crippen LogP contribution in [0.1, 0.15) is 24.0 Å². The van der Waals surface area contributed by atoms with Gasteiger partial charge >= 0.3 is 0 Å². The van der Waals surface area contributed by atoms with E-state index in [2.05, 4.69) is 11.4 Å². The van der Waals surface area contributed by atoms with Crippen LogP contribution in [0.15, 0.2) is 18.2 Å². The Labute approximate surface area is 102 Å². The zero-order valence-electron chi connectivity index (χ0n) is 10.2. The summed E-state index contributed by atoms with van der Waals surface area (Å²) in [5.74, 6) is 1.34. The Balaban J connectivity index is 1.98. The Hall–Kier alpha value is -1.53. The molecule has 2 rings (SSSR count). The van der Waals surface area contributed by atoms with Crippen molar-refractivity contribution in [3.8, 4) is 11.8 Å². The molecule has 1 aliphatic heterocycles. The van der Waals surface area contributed by atoms with Gasteiger partial charge in [-0.2, -0.15) is 5.26 Å². The molecule has 1 saturated heterocycles. The number of rotatable bonds is 3. The quantitative estimate of drug-likeness (QED) is 0.866. The molecule has 1 aromatic rings. The standard InChI is InChI=1S/C14H18N2O/c1-11-2-3-13(9-15)14(8-11)17-10-12-4-6-16-7-5-12/h2-3,8,12,16H,4-7,10H2,1H3. The van der Waals surface area contributed by atoms with Crippen molar-refractivity contribution in [1.82, 2.24) is 5.32 Å². The largest absolute Gasteiger partial charge is 0.492 e. The molecule has 1 N–H and O–H groups in total. The van der Waals surface area contributed by atoms with Gasteiger partial charge in [0.25, 0.3) is 0 Å². The Morgan fingerprint density at radius 1 is 1.41 bits per heavy atom. The minimum absolute atomic E-state index is 0.614. The number of ether oxygens (including phenoxy) is 1. The number of hydrogen-bond donors (Lipinski definition) is 1. The molecule has 0 radical (unpaired) electrons. The van der Waals surface area contributed by atoms with Gasteiger partial charge in [-0.15, -0.1) is 0 Å². The first-order valence-corrected chi connectivity index (χ1v) is 6.14. The highest BCUT2D eigenvalue weighted by Gasteiger charge is 2.14. The molecule has 3 heteroatoms. The van der Waals surface area contributed by atoms with E-state index >= 15 is 0 Å². The van der Waals surface area contributed by atoms with E-state index < -0.39 is 0 Å². The van der Waals surface area contributed by atoms with Gasteiger partial charge in [-0.25, -0.2) is 0 Å². The fraction of sp³-hybridized carbons (Fsp3) is 0.500. The van der Waals surface area contributed by atoms with Crippen molar-refractivity contribution in [3.05, 3.63) is 29.3 Å². The number of piperidine rings is 1. The number of nitrogens with zero attached hydrogens (tertiary/aromatic N) is 1. The first-order chi connectivity index (χ1) is 8.29. The van der Waals surface area contributed by atoms with Crippen LogP contribution in [0.4, 0.5) is 0 Å². The van der Waals surface area contributed by atoms with E-state index in [-0.39, 0.29) is 0 Å². The van der Waals surface area contributed by atoms with Crippen LogP contribution in [0.5, 0.6) is 5.75 Å². The van der Waals surface area contributed by atoms with E-state index in [0.717, 1.165) is 43.9 Å². The molecular formula is C14H18N2O. The molecule has 0 amide bonds. The van der Waals surface area contributed by atoms with E-state index in [1.54, 1.807) is 0 Å². The predicted molar refractivity (Wildman–Crippen MR) is 67.0 cm³/mol. The summed E-state index contributed by atoms with van der Waals surface area (Å²) < 4.78 is 5.80. The molecule has 0 unspecified atom stereocenters. The molecule has 1 aliphatic rings. The van der Waals surface area contributed by atoms with Gasteiger partial charge in [0.05, 0.1) is 12.2 Å². The first kappa shape index (κ1) is 11.9. The van der Waals surface area contributed by atoms with Gasteiger partial charge in [-0.3, -0.25) is 0 Å². The van der Waals surface area contributed by atoms with Crippen molar-refractivity contribution in [2.45, 2.75) is 19.8 Å². The minimum Gasteiger partial charge on any atom is -0.492 e. The Morgan fingerprint density at radius 3 is 2.88 bits per heavy atom. The van der Waals surface area contributed by atoms with Crippen molar-refractivity contribution < 1.29 is 4.74 Å². The molecule has 0 saturated carbocycles. The van der Waals surface area contributed by atoms with Crippen LogP contribution in [0.2, 0.25) is 0 Å². The van der Waals surface area contributed by atoms with E-state index in [0.29, 0.717) is 11.5 Å². The normalized spacial score (nSPS) is 16.5. The maximum absolute atomic E-state index is 9.01. The number of hydrogen-bond acceptors (Lipinski definition) is 3. The topological polar surface area (TPSA) is 45.0 Å². The van der Waals surface area contributed by atoms with Crippen molar-refractivity contribution in [1.29, 1.82) is 5.26 Å². The third-order valence-corrected chi connectivity index (χ3v) is 3.19. The molecule has 0 bridgehead atoms. The molecular weight excluding hydrogens is 212 g/mol. The fourth-order valence-corrected chi connectivity index (χ4v) is 2.10. The molecule has 90 valence electrons. The van der Waals surface area contributed by atoms with Gasteiger partial charge in [-0.05, 0) is 56.5 Å². The summed E-state index contributed by atoms with van der Waals surface area (Å²) in [5.41, 5.74) is 1.76. The van der Waals surface area contributed by atoms with Gasteiger partial charge in [-0.1, -0.05) is 6.07 Å². The lowest BCUT2D eigenvalue weighted by Crippen LogP contribution is -2.30. The highest BCUT2D eigenvalue weighted by atomic mass is 16.5. The maximum Gasteiger partial charge on any atom is 0.137 e. The molecule has 0 aromatic heterocycles. The van der Waals surface area contributed by atoms with Crippen LogP contribution in [-0.2, 0) is 0 Å². The van der Waals surface area contributed by atoms with Crippen molar-refractivity contribution in [2.24, 2.45) is 5.92 Å². The van der Waals surface area contributed by atoms with Crippen LogP contribution >= 0.6 is 0 Å². The number of aryl methyl sites for hydroxylation is 1. The van der Waals surface area contributed by atoms with Crippen molar-refractivity contribution >= 4 is 0 Å². The van der Waals surface area contributed by atoms with Gasteiger partial charge in [0.2, 0.25) is 0 Å². The summed E-state index contributed by atoms with van der Waals surface area (Å²) >= 11 is 0. The first-order valence-electron chi connectivity index (χ1n) is 6.14. The second-order valence-electron chi connectivity index (χ2n) is 4.62. The summed E-state index contributed by atoms with van der Waals surface area (Å²) in [5, 5.41) is 12.3. The van der Waals surface area contributed by atoms with Gasteiger partial charge < -0.3 is 10.1 Å². The summed E-state index contributed by atoms with van der Waals surface area (Å²) in [4.78, 5) is 0. The molecule has 1 fully saturated rings. The molecule has 3 nitrogen and oxygen atoms in total. The molecule has 1 aromatic carbocycles. The summed E-state index contributed by atoms with van der Waals surface area (Å²) in [6, 6.07) is 7.88. The lowest BCUT2D eigenvalue weighted by Gasteiger charge is -2.22. The zero-order valence-corrected chi connectivity index (χ0v) is 10.2. The number of benzene rings is 1. The van der Waals surface area contributed by atoms with Crippen molar-refractivity contribution in [2.75, 3.05) is 19.7 Å². The molecule has 0 atom stereocenters. The molecule has 1 heterocycles. The van der Waals surface area contributed by atoms with E-state index in [1.807, 2.05) is 25.1 Å². The molecule has 17 heavy (non-hydrogen) atoms. The summed E-state index contributed by atoms with van der Waals surface area (Å²) in [7, 11) is 0. The van der Waals surface area contributed by atoms with Crippen LogP contribution in [-0.4, -0.2) is 19.7 Å². The fourth-order valence-electron chi connectivity index (χ4n) is 2.10. The highest BCUT2D eigenvalue weighted by Crippen LogP contribution is 2.21. The summed E-state index contributed by atoms with van der Waals surface area (Å²) in [6.45, 7) is 4.89. The predicted octanol–water partition coefficient (Wildman–Crippen LogP) is 2.25. The van der Waals surface area contributed by atoms with Gasteiger partial charge in [0.15, 0.2) is 0 Å². The average Bonchev–Trinajstić information content (AvgIpc) is 2.38. The second kappa shape index (κ2) is 5.70. The minimum atomic E-state index is 0.614. The van der Waals surface area contributed by atoms with Gasteiger partial charge in [0, 0.05) is 0 Å². The zero-order chi connectivity index (χ0) is 12.1. The SMILES string of the molecule is Cc1ccc(C#N)c(OCC2CCNCC2)c1. The van der Waals surface area contributed by atoms with Crippen molar-refractivity contribution in [3.63, 3.8) is 0 Å². The third-order valence-electron chi connectivity index (χ3n) is 3.19. The van der Waals surface area contributed by atoms with E-state index in [1.165, 1.54) is 0 Å². The van der Waals surface area contributed by atoms with Gasteiger partial charge in [0.1, 0.15) is 11.8 Å². The lowest BCUT2D eigenvalue weighted by molar-refractivity contribution is 0.214. The Bertz CT molecular complexity index is 417. The highest BCUT2D eigenvalue weighted by molar-refractivity contribution is 5.44. The summed E-state index contributed by atoms with van der Waals surface area (Å²) in [6.07, 6.45) is 2.32. The lowest BCUT2D eigenvalue weighted by atomic mass is 9.99. The molecule has 0 spiro atoms. The van der Waals surface area contributed by atoms with E-state index in [9.17, 15) is 0 Å². The van der Waals surface area contributed by atoms with E-state index in [4.69, 9.17) is 10.00 Å².